The number of benzene rings is 1. The van der Waals surface area contributed by atoms with E-state index in [4.69, 9.17) is 19.3 Å². The third kappa shape index (κ3) is 4.87. The first-order valence-electron chi connectivity index (χ1n) is 6.82. The van der Waals surface area contributed by atoms with Crippen molar-refractivity contribution in [3.63, 3.8) is 0 Å². The minimum atomic E-state index is -3.60. The largest absolute Gasteiger partial charge is 0.529 e. The standard InChI is InChI=1S/C13H22NO5P2/c1-4-17-20(15)13(11-7-9-12(14)10-8-11)21(16,18-5-2)19-6-3/h7-10,13H,4-6,14H2,1-3H3/q+1. The van der Waals surface area contributed by atoms with Gasteiger partial charge in [-0.1, -0.05) is 12.1 Å². The maximum Gasteiger partial charge on any atom is 0.529 e. The molecule has 0 aliphatic rings. The molecule has 0 saturated carbocycles. The van der Waals surface area contributed by atoms with Crippen molar-refractivity contribution in [1.82, 2.24) is 0 Å². The Hall–Kier alpha value is -0.770. The van der Waals surface area contributed by atoms with Crippen molar-refractivity contribution < 1.29 is 22.7 Å². The second-order valence-electron chi connectivity index (χ2n) is 4.12. The quantitative estimate of drug-likeness (QED) is 0.535. The van der Waals surface area contributed by atoms with Crippen LogP contribution in [-0.4, -0.2) is 19.8 Å². The van der Waals surface area contributed by atoms with Crippen LogP contribution in [0.5, 0.6) is 0 Å². The minimum Gasteiger partial charge on any atom is -0.399 e. The molecular weight excluding hydrogens is 312 g/mol. The number of hydrogen-bond acceptors (Lipinski definition) is 6. The lowest BCUT2D eigenvalue weighted by Gasteiger charge is -2.19. The topological polar surface area (TPSA) is 87.9 Å². The highest BCUT2D eigenvalue weighted by Crippen LogP contribution is 2.70. The SMILES string of the molecule is CCO[P+](=O)C(c1ccc(N)cc1)P(=O)(OCC)OCC. The van der Waals surface area contributed by atoms with Gasteiger partial charge in [0.2, 0.25) is 0 Å². The van der Waals surface area contributed by atoms with Crippen LogP contribution in [0.25, 0.3) is 0 Å². The third-order valence-electron chi connectivity index (χ3n) is 2.61. The van der Waals surface area contributed by atoms with Gasteiger partial charge in [0.15, 0.2) is 0 Å². The van der Waals surface area contributed by atoms with E-state index in [-0.39, 0.29) is 19.8 Å². The first-order valence-corrected chi connectivity index (χ1v) is 9.67. The van der Waals surface area contributed by atoms with Crippen molar-refractivity contribution in [3.05, 3.63) is 29.8 Å². The lowest BCUT2D eigenvalue weighted by Crippen LogP contribution is -2.05. The Morgan fingerprint density at radius 2 is 1.62 bits per heavy atom. The second-order valence-corrected chi connectivity index (χ2v) is 7.98. The summed E-state index contributed by atoms with van der Waals surface area (Å²) in [5, 5.41) is -0.965. The molecule has 2 unspecified atom stereocenters. The Kier molecular flexibility index (Phi) is 7.50. The Morgan fingerprint density at radius 1 is 1.10 bits per heavy atom. The lowest BCUT2D eigenvalue weighted by molar-refractivity contribution is 0.216. The molecule has 0 aliphatic heterocycles. The van der Waals surface area contributed by atoms with Gasteiger partial charge in [-0.25, -0.2) is 0 Å². The highest BCUT2D eigenvalue weighted by atomic mass is 31.2. The summed E-state index contributed by atoms with van der Waals surface area (Å²) in [7, 11) is -5.85. The zero-order valence-electron chi connectivity index (χ0n) is 12.5. The van der Waals surface area contributed by atoms with Crippen molar-refractivity contribution >= 4 is 21.3 Å². The van der Waals surface area contributed by atoms with Crippen molar-refractivity contribution in [2.24, 2.45) is 0 Å². The van der Waals surface area contributed by atoms with Gasteiger partial charge in [-0.15, -0.1) is 4.52 Å². The van der Waals surface area contributed by atoms with Gasteiger partial charge in [0.05, 0.1) is 19.8 Å². The van der Waals surface area contributed by atoms with E-state index in [0.29, 0.717) is 11.3 Å². The van der Waals surface area contributed by atoms with Crippen LogP contribution in [0.3, 0.4) is 0 Å². The number of nitrogens with two attached hydrogens (primary N) is 1. The predicted molar refractivity (Wildman–Crippen MR) is 83.7 cm³/mol. The van der Waals surface area contributed by atoms with E-state index >= 15 is 0 Å². The summed E-state index contributed by atoms with van der Waals surface area (Å²) in [5.74, 6) is 0. The van der Waals surface area contributed by atoms with Crippen molar-refractivity contribution in [3.8, 4) is 0 Å². The first-order chi connectivity index (χ1) is 9.98. The van der Waals surface area contributed by atoms with Gasteiger partial charge in [0, 0.05) is 11.3 Å². The van der Waals surface area contributed by atoms with E-state index < -0.39 is 21.0 Å². The maximum atomic E-state index is 13.0. The molecule has 1 aromatic rings. The molecule has 0 fully saturated rings. The molecule has 0 heterocycles. The molecule has 1 aromatic carbocycles. The molecule has 2 atom stereocenters. The second kappa shape index (κ2) is 8.62. The Bertz CT molecular complexity index is 496. The zero-order chi connectivity index (χ0) is 15.9. The van der Waals surface area contributed by atoms with Crippen LogP contribution < -0.4 is 5.73 Å². The third-order valence-corrected chi connectivity index (χ3v) is 7.37. The maximum absolute atomic E-state index is 13.0. The minimum absolute atomic E-state index is 0.193. The molecule has 0 spiro atoms. The van der Waals surface area contributed by atoms with Gasteiger partial charge < -0.3 is 14.8 Å². The fourth-order valence-corrected chi connectivity index (χ4v) is 5.77. The van der Waals surface area contributed by atoms with Crippen molar-refractivity contribution in [2.45, 2.75) is 26.2 Å². The monoisotopic (exact) mass is 334 g/mol. The molecule has 0 radical (unpaired) electrons. The van der Waals surface area contributed by atoms with E-state index in [1.54, 1.807) is 45.0 Å². The highest BCUT2D eigenvalue weighted by molar-refractivity contribution is 7.66. The molecule has 2 N–H and O–H groups in total. The van der Waals surface area contributed by atoms with Crippen LogP contribution >= 0.6 is 15.6 Å². The van der Waals surface area contributed by atoms with Gasteiger partial charge in [0.1, 0.15) is 0 Å². The lowest BCUT2D eigenvalue weighted by atomic mass is 10.2. The summed E-state index contributed by atoms with van der Waals surface area (Å²) >= 11 is 0. The molecule has 0 bridgehead atoms. The van der Waals surface area contributed by atoms with Gasteiger partial charge in [-0.3, -0.25) is 4.57 Å². The molecule has 8 heteroatoms. The highest BCUT2D eigenvalue weighted by Gasteiger charge is 2.52. The van der Waals surface area contributed by atoms with E-state index in [0.717, 1.165) is 0 Å². The molecule has 0 aromatic heterocycles. The fraction of sp³-hybridized carbons (Fsp3) is 0.538. The van der Waals surface area contributed by atoms with Crippen LogP contribution in [0.4, 0.5) is 5.69 Å². The molecule has 1 rings (SSSR count). The van der Waals surface area contributed by atoms with E-state index in [9.17, 15) is 9.13 Å². The Balaban J connectivity index is 3.25. The summed E-state index contributed by atoms with van der Waals surface area (Å²) in [5.41, 5.74) is 6.77. The van der Waals surface area contributed by atoms with Gasteiger partial charge in [-0.05, 0) is 37.5 Å². The van der Waals surface area contributed by atoms with Crippen LogP contribution in [0.15, 0.2) is 24.3 Å². The molecule has 6 nitrogen and oxygen atoms in total. The number of anilines is 1. The average molecular weight is 334 g/mol. The van der Waals surface area contributed by atoms with Crippen LogP contribution in [0.1, 0.15) is 31.7 Å². The summed E-state index contributed by atoms with van der Waals surface area (Å²) in [4.78, 5) is 0. The van der Waals surface area contributed by atoms with Crippen LogP contribution in [-0.2, 0) is 22.7 Å². The average Bonchev–Trinajstić information content (AvgIpc) is 2.42. The van der Waals surface area contributed by atoms with Crippen molar-refractivity contribution in [2.75, 3.05) is 25.6 Å². The molecule has 0 aliphatic carbocycles. The van der Waals surface area contributed by atoms with E-state index in [1.807, 2.05) is 0 Å². The molecule has 118 valence electrons. The summed E-state index contributed by atoms with van der Waals surface area (Å²) in [6.45, 7) is 5.77. The molecule has 0 saturated heterocycles. The molecular formula is C13H22NO5P2+. The number of rotatable bonds is 9. The summed E-state index contributed by atoms with van der Waals surface area (Å²) in [6, 6.07) is 6.63. The van der Waals surface area contributed by atoms with Crippen LogP contribution in [0, 0.1) is 0 Å². The summed E-state index contributed by atoms with van der Waals surface area (Å²) < 4.78 is 41.2. The van der Waals surface area contributed by atoms with Gasteiger partial charge in [0.25, 0.3) is 0 Å². The Labute approximate surface area is 126 Å². The van der Waals surface area contributed by atoms with Crippen molar-refractivity contribution in [1.29, 1.82) is 0 Å². The normalized spacial score (nSPS) is 14.0. The fourth-order valence-electron chi connectivity index (χ4n) is 1.82. The Morgan fingerprint density at radius 3 is 2.05 bits per heavy atom. The molecule has 0 amide bonds. The van der Waals surface area contributed by atoms with Gasteiger partial charge >= 0.3 is 21.0 Å². The smallest absolute Gasteiger partial charge is 0.399 e. The van der Waals surface area contributed by atoms with Gasteiger partial charge in [-0.2, -0.15) is 0 Å². The number of hydrogen-bond donors (Lipinski definition) is 1. The van der Waals surface area contributed by atoms with E-state index in [2.05, 4.69) is 0 Å². The first kappa shape index (κ1) is 18.3. The molecule has 21 heavy (non-hydrogen) atoms. The number of nitrogen functional groups attached to an aromatic ring is 1. The zero-order valence-corrected chi connectivity index (χ0v) is 14.3. The summed E-state index contributed by atoms with van der Waals surface area (Å²) in [6.07, 6.45) is 0. The predicted octanol–water partition coefficient (Wildman–Crippen LogP) is 4.31. The van der Waals surface area contributed by atoms with E-state index in [1.165, 1.54) is 0 Å². The van der Waals surface area contributed by atoms with Crippen LogP contribution in [0.2, 0.25) is 0 Å².